The Balaban J connectivity index is 1.89. The van der Waals surface area contributed by atoms with Crippen LogP contribution in [0.15, 0.2) is 5.38 Å². The summed E-state index contributed by atoms with van der Waals surface area (Å²) in [6.07, 6.45) is 7.53. The molecular weight excluding hydrogens is 388 g/mol. The minimum atomic E-state index is -0.827. The van der Waals surface area contributed by atoms with Gasteiger partial charge in [-0.2, -0.15) is 0 Å². The van der Waals surface area contributed by atoms with E-state index in [0.29, 0.717) is 23.8 Å². The predicted molar refractivity (Wildman–Crippen MR) is 115 cm³/mol. The summed E-state index contributed by atoms with van der Waals surface area (Å²) in [7, 11) is 1.30. The van der Waals surface area contributed by atoms with Gasteiger partial charge in [-0.15, -0.1) is 11.3 Å². The Kier molecular flexibility index (Phi) is 9.56. The zero-order chi connectivity index (χ0) is 21.4. The molecular formula is C22H36N2O4S. The lowest BCUT2D eigenvalue weighted by Gasteiger charge is -2.26. The Labute approximate surface area is 178 Å². The normalized spacial score (nSPS) is 17.9. The molecule has 6 nitrogen and oxygen atoms in total. The summed E-state index contributed by atoms with van der Waals surface area (Å²) in [5.41, 5.74) is 0.203. The number of hydrogen-bond acceptors (Lipinski definition) is 6. The molecule has 0 bridgehead atoms. The molecule has 3 atom stereocenters. The summed E-state index contributed by atoms with van der Waals surface area (Å²) in [6.45, 7) is 6.24. The molecule has 1 fully saturated rings. The van der Waals surface area contributed by atoms with Gasteiger partial charge in [0, 0.05) is 24.3 Å². The van der Waals surface area contributed by atoms with Crippen LogP contribution >= 0.6 is 11.3 Å². The molecule has 2 rings (SSSR count). The predicted octanol–water partition coefficient (Wildman–Crippen LogP) is 4.49. The molecule has 0 saturated heterocycles. The molecule has 1 aliphatic carbocycles. The van der Waals surface area contributed by atoms with Crippen molar-refractivity contribution < 1.29 is 19.4 Å². The molecule has 1 aliphatic rings. The Morgan fingerprint density at radius 3 is 2.62 bits per heavy atom. The number of carbonyl (C=O) groups is 2. The maximum Gasteiger partial charge on any atom is 0.357 e. The van der Waals surface area contributed by atoms with E-state index in [0.717, 1.165) is 18.8 Å². The molecule has 0 aliphatic heterocycles. The number of methoxy groups -OCH3 is 1. The number of amides is 1. The lowest BCUT2D eigenvalue weighted by Crippen LogP contribution is -2.40. The summed E-state index contributed by atoms with van der Waals surface area (Å²) >= 11 is 1.23. The smallest absolute Gasteiger partial charge is 0.357 e. The number of rotatable bonds is 11. The third kappa shape index (κ3) is 7.37. The fourth-order valence-electron chi connectivity index (χ4n) is 4.12. The molecule has 2 N–H and O–H groups in total. The first-order chi connectivity index (χ1) is 13.8. The van der Waals surface area contributed by atoms with E-state index in [2.05, 4.69) is 22.0 Å². The highest BCUT2D eigenvalue weighted by Crippen LogP contribution is 2.32. The van der Waals surface area contributed by atoms with Crippen LogP contribution < -0.4 is 5.32 Å². The van der Waals surface area contributed by atoms with Crippen molar-refractivity contribution in [2.45, 2.75) is 84.3 Å². The molecule has 1 amide bonds. The highest BCUT2D eigenvalue weighted by atomic mass is 32.1. The molecule has 1 heterocycles. The third-order valence-corrected chi connectivity index (χ3v) is 6.97. The zero-order valence-corrected chi connectivity index (χ0v) is 19.0. The maximum absolute atomic E-state index is 12.7. The average molecular weight is 425 g/mol. The molecule has 1 aromatic heterocycles. The monoisotopic (exact) mass is 424 g/mol. The van der Waals surface area contributed by atoms with E-state index in [9.17, 15) is 14.7 Å². The largest absolute Gasteiger partial charge is 0.464 e. The summed E-state index contributed by atoms with van der Waals surface area (Å²) in [5, 5.41) is 15.8. The molecule has 0 aromatic carbocycles. The standard InChI is InChI=1S/C22H36N2O4S/c1-5-15(10-16-8-6-7-9-16)11-20(26)23-17(14(2)3)12-19(25)21-24-18(13-29-21)22(27)28-4/h13-17,19,25H,5-12H2,1-4H3,(H,23,26)/t15-,17-,19-/m1/s1. The number of aliphatic hydroxyl groups is 1. The van der Waals surface area contributed by atoms with Crippen molar-refractivity contribution in [2.24, 2.45) is 17.8 Å². The summed E-state index contributed by atoms with van der Waals surface area (Å²) in [5.74, 6) is 0.946. The lowest BCUT2D eigenvalue weighted by molar-refractivity contribution is -0.123. The van der Waals surface area contributed by atoms with Crippen LogP contribution in [0.2, 0.25) is 0 Å². The van der Waals surface area contributed by atoms with Crippen LogP contribution in [0.25, 0.3) is 0 Å². The van der Waals surface area contributed by atoms with Gasteiger partial charge < -0.3 is 15.2 Å². The minimum Gasteiger partial charge on any atom is -0.464 e. The molecule has 29 heavy (non-hydrogen) atoms. The van der Waals surface area contributed by atoms with Crippen LogP contribution in [0.4, 0.5) is 0 Å². The summed E-state index contributed by atoms with van der Waals surface area (Å²) in [6, 6.07) is -0.146. The van der Waals surface area contributed by atoms with Crippen molar-refractivity contribution >= 4 is 23.2 Å². The minimum absolute atomic E-state index is 0.0649. The van der Waals surface area contributed by atoms with Gasteiger partial charge in [-0.25, -0.2) is 9.78 Å². The van der Waals surface area contributed by atoms with Gasteiger partial charge in [-0.05, 0) is 24.2 Å². The number of aliphatic hydroxyl groups excluding tert-OH is 1. The van der Waals surface area contributed by atoms with E-state index in [-0.39, 0.29) is 23.6 Å². The number of thiazole rings is 1. The van der Waals surface area contributed by atoms with Crippen molar-refractivity contribution in [2.75, 3.05) is 7.11 Å². The van der Waals surface area contributed by atoms with E-state index < -0.39 is 12.1 Å². The molecule has 1 aromatic rings. The van der Waals surface area contributed by atoms with Crippen molar-refractivity contribution in [3.63, 3.8) is 0 Å². The van der Waals surface area contributed by atoms with E-state index in [4.69, 9.17) is 0 Å². The van der Waals surface area contributed by atoms with E-state index >= 15 is 0 Å². The van der Waals surface area contributed by atoms with Crippen LogP contribution in [0.1, 0.15) is 93.7 Å². The van der Waals surface area contributed by atoms with Crippen LogP contribution in [0, 0.1) is 17.8 Å². The van der Waals surface area contributed by atoms with Gasteiger partial charge in [0.15, 0.2) is 5.69 Å². The van der Waals surface area contributed by atoms with Crippen LogP contribution in [-0.2, 0) is 9.53 Å². The number of nitrogens with zero attached hydrogens (tertiary/aromatic N) is 1. The quantitative estimate of drug-likeness (QED) is 0.511. The maximum atomic E-state index is 12.7. The van der Waals surface area contributed by atoms with E-state index in [1.807, 2.05) is 13.8 Å². The van der Waals surface area contributed by atoms with Gasteiger partial charge in [0.2, 0.25) is 5.91 Å². The van der Waals surface area contributed by atoms with Crippen LogP contribution in [-0.4, -0.2) is 35.1 Å². The first-order valence-corrected chi connectivity index (χ1v) is 11.7. The molecule has 0 spiro atoms. The van der Waals surface area contributed by atoms with Crippen LogP contribution in [0.5, 0.6) is 0 Å². The lowest BCUT2D eigenvalue weighted by atomic mass is 9.88. The Bertz CT molecular complexity index is 655. The van der Waals surface area contributed by atoms with Crippen molar-refractivity contribution in [1.29, 1.82) is 0 Å². The molecule has 164 valence electrons. The van der Waals surface area contributed by atoms with E-state index in [1.165, 1.54) is 44.1 Å². The second-order valence-corrected chi connectivity index (χ2v) is 9.49. The zero-order valence-electron chi connectivity index (χ0n) is 18.1. The number of nitrogens with one attached hydrogen (secondary N) is 1. The van der Waals surface area contributed by atoms with Gasteiger partial charge in [0.05, 0.1) is 7.11 Å². The summed E-state index contributed by atoms with van der Waals surface area (Å²) < 4.78 is 4.66. The fourth-order valence-corrected chi connectivity index (χ4v) is 4.90. The molecule has 7 heteroatoms. The number of ether oxygens (including phenoxy) is 1. The van der Waals surface area contributed by atoms with Crippen LogP contribution in [0.3, 0.4) is 0 Å². The van der Waals surface area contributed by atoms with E-state index in [1.54, 1.807) is 5.38 Å². The highest BCUT2D eigenvalue weighted by Gasteiger charge is 2.26. The van der Waals surface area contributed by atoms with Gasteiger partial charge in [0.1, 0.15) is 11.1 Å². The average Bonchev–Trinajstić information content (AvgIpc) is 3.38. The Morgan fingerprint density at radius 1 is 1.34 bits per heavy atom. The number of esters is 1. The van der Waals surface area contributed by atoms with Gasteiger partial charge >= 0.3 is 5.97 Å². The van der Waals surface area contributed by atoms with Gasteiger partial charge in [-0.3, -0.25) is 4.79 Å². The summed E-state index contributed by atoms with van der Waals surface area (Å²) in [4.78, 5) is 28.4. The second-order valence-electron chi connectivity index (χ2n) is 8.60. The SMILES string of the molecule is CC[C@@H](CC(=O)N[C@H](C[C@@H](O)c1nc(C(=O)OC)cs1)C(C)C)CC1CCCC1. The Morgan fingerprint density at radius 2 is 2.03 bits per heavy atom. The number of aromatic nitrogens is 1. The number of hydrogen-bond donors (Lipinski definition) is 2. The first-order valence-electron chi connectivity index (χ1n) is 10.8. The van der Waals surface area contributed by atoms with Crippen molar-refractivity contribution in [3.05, 3.63) is 16.1 Å². The highest BCUT2D eigenvalue weighted by molar-refractivity contribution is 7.09. The topological polar surface area (TPSA) is 88.5 Å². The third-order valence-electron chi connectivity index (χ3n) is 6.02. The van der Waals surface area contributed by atoms with Gasteiger partial charge in [-0.1, -0.05) is 52.9 Å². The Hall–Kier alpha value is -1.47. The molecule has 0 radical (unpaired) electrons. The second kappa shape index (κ2) is 11.6. The van der Waals surface area contributed by atoms with Gasteiger partial charge in [0.25, 0.3) is 0 Å². The van der Waals surface area contributed by atoms with Crippen molar-refractivity contribution in [1.82, 2.24) is 10.3 Å². The van der Waals surface area contributed by atoms with Crippen molar-refractivity contribution in [3.8, 4) is 0 Å². The first kappa shape index (κ1) is 23.8. The molecule has 1 saturated carbocycles. The molecule has 0 unspecified atom stereocenters. The number of carbonyl (C=O) groups excluding carboxylic acids is 2. The fraction of sp³-hybridized carbons (Fsp3) is 0.773.